The van der Waals surface area contributed by atoms with Crippen molar-refractivity contribution in [2.75, 3.05) is 14.2 Å². The van der Waals surface area contributed by atoms with E-state index < -0.39 is 28.0 Å². The van der Waals surface area contributed by atoms with E-state index in [-0.39, 0.29) is 17.0 Å². The zero-order chi connectivity index (χ0) is 21.9. The lowest BCUT2D eigenvalue weighted by atomic mass is 10.2. The summed E-state index contributed by atoms with van der Waals surface area (Å²) < 4.78 is 81.2. The first-order valence-corrected chi connectivity index (χ1v) is 9.84. The second-order valence-corrected chi connectivity index (χ2v) is 7.64. The molecule has 2 aromatic carbocycles. The van der Waals surface area contributed by atoms with Crippen LogP contribution in [0.3, 0.4) is 0 Å². The van der Waals surface area contributed by atoms with E-state index >= 15 is 0 Å². The fraction of sp³-hybridized carbons (Fsp3) is 0.222. The van der Waals surface area contributed by atoms with Crippen molar-refractivity contribution in [1.29, 1.82) is 0 Å². The molecule has 0 aliphatic carbocycles. The molecular weight excluding hydrogens is 427 g/mol. The molecule has 3 rings (SSSR count). The van der Waals surface area contributed by atoms with Crippen molar-refractivity contribution in [3.05, 3.63) is 53.9 Å². The molecule has 3 aromatic rings. The van der Waals surface area contributed by atoms with E-state index in [4.69, 9.17) is 9.47 Å². The molecule has 12 heteroatoms. The maximum atomic E-state index is 12.8. The molecule has 0 saturated carbocycles. The quantitative estimate of drug-likeness (QED) is 0.598. The predicted octanol–water partition coefficient (Wildman–Crippen LogP) is 3.25. The van der Waals surface area contributed by atoms with E-state index in [1.54, 1.807) is 18.2 Å². The summed E-state index contributed by atoms with van der Waals surface area (Å²) in [6.45, 7) is -0.137. The maximum absolute atomic E-state index is 12.8. The molecule has 1 heterocycles. The number of ether oxygens (including phenoxy) is 2. The third kappa shape index (κ3) is 4.54. The number of nitrogens with zero attached hydrogens (tertiary/aromatic N) is 2. The number of benzene rings is 2. The summed E-state index contributed by atoms with van der Waals surface area (Å²) in [5, 5.41) is 6.26. The van der Waals surface area contributed by atoms with E-state index in [1.165, 1.54) is 38.5 Å². The Hall–Kier alpha value is -3.12. The van der Waals surface area contributed by atoms with Crippen LogP contribution in [0.15, 0.2) is 51.8 Å². The van der Waals surface area contributed by atoms with Gasteiger partial charge in [-0.15, -0.1) is 10.2 Å². The first-order valence-electron chi connectivity index (χ1n) is 8.36. The molecule has 30 heavy (non-hydrogen) atoms. The molecule has 0 radical (unpaired) electrons. The molecule has 0 atom stereocenters. The van der Waals surface area contributed by atoms with Crippen LogP contribution in [-0.2, 0) is 22.7 Å². The highest BCUT2D eigenvalue weighted by molar-refractivity contribution is 7.89. The van der Waals surface area contributed by atoms with Crippen molar-refractivity contribution < 1.29 is 35.5 Å². The fourth-order valence-electron chi connectivity index (χ4n) is 2.57. The predicted molar refractivity (Wildman–Crippen MR) is 98.3 cm³/mol. The third-order valence-electron chi connectivity index (χ3n) is 4.02. The minimum absolute atomic E-state index is 0.137. The SMILES string of the molecule is COc1ccc(CNS(=O)(=O)c2ccccc2-c2nnc(C(F)(F)F)o2)c(OC)c1. The Morgan fingerprint density at radius 3 is 2.43 bits per heavy atom. The normalized spacial score (nSPS) is 12.0. The minimum Gasteiger partial charge on any atom is -0.497 e. The summed E-state index contributed by atoms with van der Waals surface area (Å²) in [4.78, 5) is -0.310. The Kier molecular flexibility index (Phi) is 5.99. The third-order valence-corrected chi connectivity index (χ3v) is 5.48. The number of alkyl halides is 3. The van der Waals surface area contributed by atoms with Crippen molar-refractivity contribution in [3.63, 3.8) is 0 Å². The average molecular weight is 443 g/mol. The Morgan fingerprint density at radius 1 is 1.07 bits per heavy atom. The van der Waals surface area contributed by atoms with Gasteiger partial charge in [0, 0.05) is 18.2 Å². The van der Waals surface area contributed by atoms with Crippen molar-refractivity contribution in [2.24, 2.45) is 0 Å². The Morgan fingerprint density at radius 2 is 1.80 bits per heavy atom. The van der Waals surface area contributed by atoms with Gasteiger partial charge >= 0.3 is 12.1 Å². The molecule has 0 aliphatic heterocycles. The van der Waals surface area contributed by atoms with Gasteiger partial charge in [-0.3, -0.25) is 0 Å². The lowest BCUT2D eigenvalue weighted by molar-refractivity contribution is -0.156. The summed E-state index contributed by atoms with van der Waals surface area (Å²) in [5.41, 5.74) is 0.367. The van der Waals surface area contributed by atoms with Gasteiger partial charge < -0.3 is 13.9 Å². The van der Waals surface area contributed by atoms with Gasteiger partial charge in [-0.2, -0.15) is 13.2 Å². The minimum atomic E-state index is -4.85. The van der Waals surface area contributed by atoms with Gasteiger partial charge in [0.25, 0.3) is 0 Å². The number of aromatic nitrogens is 2. The fourth-order valence-corrected chi connectivity index (χ4v) is 3.78. The van der Waals surface area contributed by atoms with Gasteiger partial charge in [-0.05, 0) is 18.2 Å². The largest absolute Gasteiger partial charge is 0.497 e. The Bertz CT molecular complexity index is 1150. The van der Waals surface area contributed by atoms with Crippen LogP contribution in [0.2, 0.25) is 0 Å². The molecule has 0 spiro atoms. The van der Waals surface area contributed by atoms with Gasteiger partial charge in [0.15, 0.2) is 0 Å². The van der Waals surface area contributed by atoms with Gasteiger partial charge in [-0.1, -0.05) is 18.2 Å². The van der Waals surface area contributed by atoms with Crippen molar-refractivity contribution in [1.82, 2.24) is 14.9 Å². The average Bonchev–Trinajstić information content (AvgIpc) is 3.23. The Labute approximate surface area is 169 Å². The molecule has 8 nitrogen and oxygen atoms in total. The van der Waals surface area contributed by atoms with Crippen LogP contribution in [-0.4, -0.2) is 32.8 Å². The zero-order valence-electron chi connectivity index (χ0n) is 15.7. The summed E-state index contributed by atoms with van der Waals surface area (Å²) >= 11 is 0. The Balaban J connectivity index is 1.90. The first kappa shape index (κ1) is 21.6. The number of hydrogen-bond donors (Lipinski definition) is 1. The molecule has 1 aromatic heterocycles. The number of sulfonamides is 1. The van der Waals surface area contributed by atoms with Crippen LogP contribution in [0, 0.1) is 0 Å². The lowest BCUT2D eigenvalue weighted by Gasteiger charge is -2.13. The summed E-state index contributed by atoms with van der Waals surface area (Å²) in [7, 11) is -1.24. The number of rotatable bonds is 7. The van der Waals surface area contributed by atoms with Crippen molar-refractivity contribution in [3.8, 4) is 23.0 Å². The van der Waals surface area contributed by atoms with Crippen LogP contribution in [0.5, 0.6) is 11.5 Å². The van der Waals surface area contributed by atoms with E-state index in [0.29, 0.717) is 17.1 Å². The van der Waals surface area contributed by atoms with Crippen LogP contribution >= 0.6 is 0 Å². The molecule has 160 valence electrons. The number of halogens is 3. The molecule has 0 aliphatic rings. The summed E-state index contributed by atoms with van der Waals surface area (Å²) in [6.07, 6.45) is -4.85. The van der Waals surface area contributed by atoms with E-state index in [9.17, 15) is 21.6 Å². The van der Waals surface area contributed by atoms with Crippen molar-refractivity contribution >= 4 is 10.0 Å². The van der Waals surface area contributed by atoms with E-state index in [2.05, 4.69) is 19.3 Å². The molecule has 1 N–H and O–H groups in total. The molecule has 0 unspecified atom stereocenters. The number of nitrogens with one attached hydrogen (secondary N) is 1. The molecular formula is C18H16F3N3O5S. The number of hydrogen-bond acceptors (Lipinski definition) is 7. The number of methoxy groups -OCH3 is 2. The zero-order valence-corrected chi connectivity index (χ0v) is 16.5. The highest BCUT2D eigenvalue weighted by Crippen LogP contribution is 2.32. The highest BCUT2D eigenvalue weighted by atomic mass is 32.2. The van der Waals surface area contributed by atoms with Crippen LogP contribution in [0.4, 0.5) is 13.2 Å². The molecule has 0 saturated heterocycles. The van der Waals surface area contributed by atoms with Crippen LogP contribution in [0.1, 0.15) is 11.5 Å². The van der Waals surface area contributed by atoms with Gasteiger partial charge in [0.05, 0.1) is 24.7 Å². The van der Waals surface area contributed by atoms with Crippen LogP contribution < -0.4 is 14.2 Å². The first-order chi connectivity index (χ1) is 14.2. The van der Waals surface area contributed by atoms with Crippen molar-refractivity contribution in [2.45, 2.75) is 17.6 Å². The second-order valence-electron chi connectivity index (χ2n) is 5.91. The second kappa shape index (κ2) is 8.32. The highest BCUT2D eigenvalue weighted by Gasteiger charge is 2.38. The van der Waals surface area contributed by atoms with E-state index in [1.807, 2.05) is 0 Å². The monoisotopic (exact) mass is 443 g/mol. The molecule has 0 amide bonds. The molecule has 0 fully saturated rings. The molecule has 0 bridgehead atoms. The maximum Gasteiger partial charge on any atom is 0.470 e. The lowest BCUT2D eigenvalue weighted by Crippen LogP contribution is -2.24. The van der Waals surface area contributed by atoms with Crippen LogP contribution in [0.25, 0.3) is 11.5 Å². The summed E-state index contributed by atoms with van der Waals surface area (Å²) in [6, 6.07) is 10.2. The standard InChI is InChI=1S/C18H16F3N3O5S/c1-27-12-8-7-11(14(9-12)28-2)10-22-30(25,26)15-6-4-3-5-13(15)16-23-24-17(29-16)18(19,20)21/h3-9,22H,10H2,1-2H3. The van der Waals surface area contributed by atoms with E-state index in [0.717, 1.165) is 0 Å². The van der Waals surface area contributed by atoms with Gasteiger partial charge in [0.2, 0.25) is 15.9 Å². The summed E-state index contributed by atoms with van der Waals surface area (Å²) in [5.74, 6) is -1.20. The topological polar surface area (TPSA) is 104 Å². The van der Waals surface area contributed by atoms with Gasteiger partial charge in [0.1, 0.15) is 11.5 Å². The van der Waals surface area contributed by atoms with Gasteiger partial charge in [-0.25, -0.2) is 13.1 Å². The smallest absolute Gasteiger partial charge is 0.470 e.